The van der Waals surface area contributed by atoms with Gasteiger partial charge in [0.2, 0.25) is 0 Å². The number of methoxy groups -OCH3 is 2. The number of urea groups is 1. The lowest BCUT2D eigenvalue weighted by Crippen LogP contribution is -2.44. The van der Waals surface area contributed by atoms with Gasteiger partial charge in [-0.2, -0.15) is 0 Å². The average Bonchev–Trinajstić information content (AvgIpc) is 3.02. The second-order valence-corrected chi connectivity index (χ2v) is 7.33. The second kappa shape index (κ2) is 9.16. The fraction of sp³-hybridized carbons (Fsp3) is 0.348. The van der Waals surface area contributed by atoms with Crippen LogP contribution in [-0.4, -0.2) is 43.4 Å². The molecule has 0 aliphatic carbocycles. The molecule has 2 aromatic carbocycles. The smallest absolute Gasteiger partial charge is 0.325 e. The first-order valence-electron chi connectivity index (χ1n) is 10.0. The van der Waals surface area contributed by atoms with Crippen molar-refractivity contribution in [3.05, 3.63) is 59.4 Å². The van der Waals surface area contributed by atoms with E-state index in [1.54, 1.807) is 12.1 Å². The minimum absolute atomic E-state index is 0.283. The maximum absolute atomic E-state index is 13.4. The van der Waals surface area contributed by atoms with E-state index in [2.05, 4.69) is 5.32 Å². The third kappa shape index (κ3) is 4.23. The largest absolute Gasteiger partial charge is 0.493 e. The Morgan fingerprint density at radius 3 is 2.35 bits per heavy atom. The zero-order valence-corrected chi connectivity index (χ0v) is 17.7. The number of unbranched alkanes of at least 4 members (excludes halogenated alkanes) is 1. The van der Waals surface area contributed by atoms with Crippen LogP contribution in [0.3, 0.4) is 0 Å². The molecule has 7 nitrogen and oxygen atoms in total. The summed E-state index contributed by atoms with van der Waals surface area (Å²) in [6.45, 7) is 1.55. The number of ketones is 1. The number of hydrogen-bond acceptors (Lipinski definition) is 5. The quantitative estimate of drug-likeness (QED) is 0.487. The molecule has 1 fully saturated rings. The van der Waals surface area contributed by atoms with Gasteiger partial charge in [0, 0.05) is 5.56 Å². The fourth-order valence-electron chi connectivity index (χ4n) is 3.70. The summed E-state index contributed by atoms with van der Waals surface area (Å²) in [5.41, 5.74) is -0.550. The molecule has 1 heterocycles. The molecule has 31 heavy (non-hydrogen) atoms. The number of nitrogens with one attached hydrogen (secondary N) is 1. The Hall–Kier alpha value is -3.42. The molecule has 3 amide bonds. The number of carbonyl (C=O) groups excluding carboxylic acids is 3. The highest BCUT2D eigenvalue weighted by Crippen LogP contribution is 2.35. The lowest BCUT2D eigenvalue weighted by Gasteiger charge is -2.27. The highest BCUT2D eigenvalue weighted by molar-refractivity contribution is 6.11. The molecule has 8 heteroatoms. The summed E-state index contributed by atoms with van der Waals surface area (Å²) in [6, 6.07) is 9.46. The SMILES string of the molecule is CCCCC1(c2ccc(F)cc2)NC(=O)N(CC(=O)c2ccc(OC)c(OC)c2)C1=O. The molecule has 0 aromatic heterocycles. The summed E-state index contributed by atoms with van der Waals surface area (Å²) in [4.78, 5) is 39.8. The van der Waals surface area contributed by atoms with E-state index in [1.165, 1.54) is 44.6 Å². The van der Waals surface area contributed by atoms with Gasteiger partial charge in [0.1, 0.15) is 11.4 Å². The van der Waals surface area contributed by atoms with Gasteiger partial charge in [-0.05, 0) is 42.3 Å². The van der Waals surface area contributed by atoms with Crippen molar-refractivity contribution in [3.8, 4) is 11.5 Å². The van der Waals surface area contributed by atoms with Gasteiger partial charge in [0.05, 0.1) is 20.8 Å². The van der Waals surface area contributed by atoms with Crippen molar-refractivity contribution >= 4 is 17.7 Å². The first-order chi connectivity index (χ1) is 14.9. The van der Waals surface area contributed by atoms with Gasteiger partial charge >= 0.3 is 6.03 Å². The number of Topliss-reactive ketones (excluding diaryl/α,β-unsaturated/α-hetero) is 1. The maximum Gasteiger partial charge on any atom is 0.325 e. The second-order valence-electron chi connectivity index (χ2n) is 7.33. The van der Waals surface area contributed by atoms with Crippen molar-refractivity contribution < 1.29 is 28.2 Å². The van der Waals surface area contributed by atoms with Gasteiger partial charge in [-0.25, -0.2) is 9.18 Å². The Kier molecular flexibility index (Phi) is 6.58. The summed E-state index contributed by atoms with van der Waals surface area (Å²) >= 11 is 0. The highest BCUT2D eigenvalue weighted by atomic mass is 19.1. The van der Waals surface area contributed by atoms with Crippen LogP contribution in [0.1, 0.15) is 42.1 Å². The van der Waals surface area contributed by atoms with Crippen LogP contribution in [0.25, 0.3) is 0 Å². The minimum Gasteiger partial charge on any atom is -0.493 e. The molecule has 1 N–H and O–H groups in total. The summed E-state index contributed by atoms with van der Waals surface area (Å²) in [5, 5.41) is 2.75. The van der Waals surface area contributed by atoms with Crippen LogP contribution in [0, 0.1) is 5.82 Å². The van der Waals surface area contributed by atoms with Crippen LogP contribution >= 0.6 is 0 Å². The van der Waals surface area contributed by atoms with Crippen molar-refractivity contribution in [1.82, 2.24) is 10.2 Å². The number of carbonyl (C=O) groups is 3. The van der Waals surface area contributed by atoms with E-state index in [-0.39, 0.29) is 5.56 Å². The van der Waals surface area contributed by atoms with Gasteiger partial charge in [-0.15, -0.1) is 0 Å². The number of ether oxygens (including phenoxy) is 2. The van der Waals surface area contributed by atoms with Crippen molar-refractivity contribution in [1.29, 1.82) is 0 Å². The van der Waals surface area contributed by atoms with E-state index < -0.39 is 35.6 Å². The van der Waals surface area contributed by atoms with Gasteiger partial charge < -0.3 is 14.8 Å². The molecule has 0 spiro atoms. The molecule has 0 radical (unpaired) electrons. The van der Waals surface area contributed by atoms with E-state index in [9.17, 15) is 18.8 Å². The van der Waals surface area contributed by atoms with Gasteiger partial charge in [0.15, 0.2) is 17.3 Å². The van der Waals surface area contributed by atoms with Crippen LogP contribution in [0.15, 0.2) is 42.5 Å². The Bertz CT molecular complexity index is 992. The van der Waals surface area contributed by atoms with Crippen LogP contribution in [0.2, 0.25) is 0 Å². The Morgan fingerprint density at radius 1 is 1.06 bits per heavy atom. The zero-order valence-electron chi connectivity index (χ0n) is 17.7. The lowest BCUT2D eigenvalue weighted by atomic mass is 9.84. The summed E-state index contributed by atoms with van der Waals surface area (Å²) in [6.07, 6.45) is 1.82. The minimum atomic E-state index is -1.32. The van der Waals surface area contributed by atoms with Crippen molar-refractivity contribution in [2.75, 3.05) is 20.8 Å². The van der Waals surface area contributed by atoms with E-state index in [0.29, 0.717) is 29.9 Å². The van der Waals surface area contributed by atoms with E-state index in [0.717, 1.165) is 11.3 Å². The molecule has 1 atom stereocenters. The first kappa shape index (κ1) is 22.3. The molecular weight excluding hydrogens is 403 g/mol. The standard InChI is InChI=1S/C23H25FN2O5/c1-4-5-12-23(16-7-9-17(24)10-8-16)21(28)26(22(29)25-23)14-18(27)15-6-11-19(30-2)20(13-15)31-3/h6-11,13H,4-5,12,14H2,1-3H3,(H,25,29). The number of halogens is 1. The predicted molar refractivity (Wildman–Crippen MR) is 112 cm³/mol. The molecule has 2 aromatic rings. The Balaban J connectivity index is 1.88. The van der Waals surface area contributed by atoms with Crippen molar-refractivity contribution in [2.45, 2.75) is 31.7 Å². The van der Waals surface area contributed by atoms with Crippen LogP contribution in [0.4, 0.5) is 9.18 Å². The fourth-order valence-corrected chi connectivity index (χ4v) is 3.70. The van der Waals surface area contributed by atoms with Gasteiger partial charge in [0.25, 0.3) is 5.91 Å². The molecule has 1 saturated heterocycles. The third-order valence-corrected chi connectivity index (χ3v) is 5.43. The molecular formula is C23H25FN2O5. The normalized spacial score (nSPS) is 18.1. The van der Waals surface area contributed by atoms with E-state index >= 15 is 0 Å². The van der Waals surface area contributed by atoms with Crippen molar-refractivity contribution in [2.24, 2.45) is 0 Å². The highest BCUT2D eigenvalue weighted by Gasteiger charge is 2.52. The maximum atomic E-state index is 13.4. The van der Waals surface area contributed by atoms with Gasteiger partial charge in [-0.3, -0.25) is 14.5 Å². The van der Waals surface area contributed by atoms with Crippen LogP contribution in [-0.2, 0) is 10.3 Å². The number of amides is 3. The monoisotopic (exact) mass is 428 g/mol. The topological polar surface area (TPSA) is 84.9 Å². The van der Waals surface area contributed by atoms with Crippen molar-refractivity contribution in [3.63, 3.8) is 0 Å². The molecule has 1 aliphatic rings. The Labute approximate surface area is 180 Å². The number of hydrogen-bond donors (Lipinski definition) is 1. The average molecular weight is 428 g/mol. The third-order valence-electron chi connectivity index (χ3n) is 5.43. The summed E-state index contributed by atoms with van der Waals surface area (Å²) in [5.74, 6) is -0.550. The number of imide groups is 1. The molecule has 1 aliphatic heterocycles. The molecule has 0 bridgehead atoms. The Morgan fingerprint density at radius 2 is 1.74 bits per heavy atom. The number of rotatable bonds is 9. The molecule has 164 valence electrons. The molecule has 0 saturated carbocycles. The summed E-state index contributed by atoms with van der Waals surface area (Å²) in [7, 11) is 2.94. The summed E-state index contributed by atoms with van der Waals surface area (Å²) < 4.78 is 23.8. The van der Waals surface area contributed by atoms with Gasteiger partial charge in [-0.1, -0.05) is 31.9 Å². The lowest BCUT2D eigenvalue weighted by molar-refractivity contribution is -0.131. The predicted octanol–water partition coefficient (Wildman–Crippen LogP) is 3.66. The number of nitrogens with zero attached hydrogens (tertiary/aromatic N) is 1. The zero-order chi connectivity index (χ0) is 22.6. The van der Waals surface area contributed by atoms with E-state index in [1.807, 2.05) is 6.92 Å². The van der Waals surface area contributed by atoms with E-state index in [4.69, 9.17) is 9.47 Å². The first-order valence-corrected chi connectivity index (χ1v) is 10.0. The molecule has 1 unspecified atom stereocenters. The van der Waals surface area contributed by atoms with Crippen LogP contribution in [0.5, 0.6) is 11.5 Å². The molecule has 3 rings (SSSR count). The van der Waals surface area contributed by atoms with Crippen LogP contribution < -0.4 is 14.8 Å². The number of benzene rings is 2.